The van der Waals surface area contributed by atoms with Crippen LogP contribution in [0.2, 0.25) is 0 Å². The molecule has 0 aliphatic heterocycles. The molecule has 0 radical (unpaired) electrons. The molecule has 108 valence electrons. The van der Waals surface area contributed by atoms with Gasteiger partial charge in [0.15, 0.2) is 0 Å². The van der Waals surface area contributed by atoms with Crippen molar-refractivity contribution in [3.8, 4) is 5.75 Å². The summed E-state index contributed by atoms with van der Waals surface area (Å²) in [5.41, 5.74) is 5.39. The van der Waals surface area contributed by atoms with Crippen LogP contribution in [0.25, 0.3) is 10.8 Å². The quantitative estimate of drug-likeness (QED) is 0.463. The highest BCUT2D eigenvalue weighted by molar-refractivity contribution is 7.89. The highest BCUT2D eigenvalue weighted by atomic mass is 32.2. The second-order valence-corrected chi connectivity index (χ2v) is 6.72. The van der Waals surface area contributed by atoms with E-state index in [9.17, 15) is 26.5 Å². The normalized spacial score (nSPS) is 12.7. The van der Waals surface area contributed by atoms with Crippen LogP contribution < -0.4 is 5.73 Å². The molecule has 8 nitrogen and oxygen atoms in total. The van der Waals surface area contributed by atoms with Crippen LogP contribution in [0.3, 0.4) is 0 Å². The molecule has 0 aromatic heterocycles. The van der Waals surface area contributed by atoms with Gasteiger partial charge in [-0.1, -0.05) is 0 Å². The molecule has 0 aliphatic carbocycles. The van der Waals surface area contributed by atoms with Crippen LogP contribution in [0.1, 0.15) is 0 Å². The monoisotopic (exact) mass is 319 g/mol. The fourth-order valence-electron chi connectivity index (χ4n) is 1.84. The van der Waals surface area contributed by atoms with Crippen LogP contribution in [0.4, 0.5) is 5.69 Å². The predicted molar refractivity (Wildman–Crippen MR) is 69.7 cm³/mol. The van der Waals surface area contributed by atoms with E-state index < -0.39 is 30.0 Å². The Labute approximate surface area is 114 Å². The van der Waals surface area contributed by atoms with E-state index in [0.29, 0.717) is 6.07 Å². The number of hydrogen-bond acceptors (Lipinski definition) is 6. The molecule has 0 atom stereocenters. The maximum atomic E-state index is 11.4. The van der Waals surface area contributed by atoms with Crippen molar-refractivity contribution in [1.29, 1.82) is 0 Å². The summed E-state index contributed by atoms with van der Waals surface area (Å²) in [4.78, 5) is -2.03. The first-order valence-electron chi connectivity index (χ1n) is 5.02. The molecule has 0 spiro atoms. The molecule has 0 amide bonds. The molecule has 2 rings (SSSR count). The zero-order valence-electron chi connectivity index (χ0n) is 9.68. The first-order valence-corrected chi connectivity index (χ1v) is 7.90. The van der Waals surface area contributed by atoms with Gasteiger partial charge in [0.05, 0.1) is 0 Å². The molecular formula is C10H9NO7S2. The number of anilines is 1. The van der Waals surface area contributed by atoms with Crippen molar-refractivity contribution >= 4 is 36.7 Å². The molecule has 0 bridgehead atoms. The number of rotatable bonds is 2. The van der Waals surface area contributed by atoms with Gasteiger partial charge in [-0.3, -0.25) is 9.11 Å². The lowest BCUT2D eigenvalue weighted by atomic mass is 10.1. The van der Waals surface area contributed by atoms with Gasteiger partial charge in [0.2, 0.25) is 0 Å². The molecule has 0 heterocycles. The second-order valence-electron chi connectivity index (χ2n) is 3.97. The lowest BCUT2D eigenvalue weighted by Gasteiger charge is -2.11. The fourth-order valence-corrected chi connectivity index (χ4v) is 3.87. The third-order valence-corrected chi connectivity index (χ3v) is 4.57. The average molecular weight is 319 g/mol. The molecule has 5 N–H and O–H groups in total. The third kappa shape index (κ3) is 2.41. The van der Waals surface area contributed by atoms with E-state index >= 15 is 0 Å². The van der Waals surface area contributed by atoms with Gasteiger partial charge < -0.3 is 10.8 Å². The Kier molecular flexibility index (Phi) is 3.13. The van der Waals surface area contributed by atoms with Gasteiger partial charge >= 0.3 is 0 Å². The van der Waals surface area contributed by atoms with E-state index in [-0.39, 0.29) is 22.2 Å². The van der Waals surface area contributed by atoms with Crippen molar-refractivity contribution in [2.75, 3.05) is 5.73 Å². The number of hydrogen-bond donors (Lipinski definition) is 4. The van der Waals surface area contributed by atoms with Gasteiger partial charge in [-0.2, -0.15) is 16.8 Å². The van der Waals surface area contributed by atoms with Crippen LogP contribution in [0.15, 0.2) is 34.1 Å². The number of phenols is 1. The van der Waals surface area contributed by atoms with Crippen molar-refractivity contribution < 1.29 is 31.0 Å². The number of fused-ring (bicyclic) bond motifs is 1. The Hall–Kier alpha value is -1.88. The van der Waals surface area contributed by atoms with Gasteiger partial charge in [-0.05, 0) is 24.3 Å². The van der Waals surface area contributed by atoms with Gasteiger partial charge in [-0.25, -0.2) is 0 Å². The Balaban J connectivity index is 3.16. The molecular weight excluding hydrogens is 310 g/mol. The van der Waals surface area contributed by atoms with Crippen LogP contribution in [0.5, 0.6) is 5.75 Å². The third-order valence-electron chi connectivity index (χ3n) is 2.61. The minimum absolute atomic E-state index is 0.0185. The zero-order valence-corrected chi connectivity index (χ0v) is 11.3. The maximum Gasteiger partial charge on any atom is 0.296 e. The summed E-state index contributed by atoms with van der Waals surface area (Å²) >= 11 is 0. The van der Waals surface area contributed by atoms with Crippen LogP contribution in [-0.2, 0) is 20.2 Å². The summed E-state index contributed by atoms with van der Waals surface area (Å²) in [6.45, 7) is 0. The highest BCUT2D eigenvalue weighted by Gasteiger charge is 2.27. The topological polar surface area (TPSA) is 155 Å². The Morgan fingerprint density at radius 2 is 1.50 bits per heavy atom. The Morgan fingerprint density at radius 3 is 2.00 bits per heavy atom. The van der Waals surface area contributed by atoms with Crippen molar-refractivity contribution in [3.63, 3.8) is 0 Å². The molecule has 2 aromatic carbocycles. The number of aromatic hydroxyl groups is 1. The van der Waals surface area contributed by atoms with Crippen molar-refractivity contribution in [2.45, 2.75) is 9.79 Å². The molecule has 0 fully saturated rings. The lowest BCUT2D eigenvalue weighted by molar-refractivity contribution is 0.467. The Bertz CT molecular complexity index is 916. The summed E-state index contributed by atoms with van der Waals surface area (Å²) in [5, 5.41) is 9.12. The summed E-state index contributed by atoms with van der Waals surface area (Å²) in [7, 11) is -9.87. The molecule has 0 aliphatic rings. The van der Waals surface area contributed by atoms with Crippen molar-refractivity contribution in [3.05, 3.63) is 24.3 Å². The van der Waals surface area contributed by atoms with Crippen LogP contribution in [-0.4, -0.2) is 31.0 Å². The van der Waals surface area contributed by atoms with Crippen molar-refractivity contribution in [2.24, 2.45) is 0 Å². The first kappa shape index (κ1) is 14.5. The van der Waals surface area contributed by atoms with E-state index in [4.69, 9.17) is 10.3 Å². The highest BCUT2D eigenvalue weighted by Crippen LogP contribution is 2.35. The lowest BCUT2D eigenvalue weighted by Crippen LogP contribution is -2.10. The summed E-state index contributed by atoms with van der Waals surface area (Å²) in [6, 6.07) is 3.95. The summed E-state index contributed by atoms with van der Waals surface area (Å²) < 4.78 is 63.5. The molecule has 0 saturated heterocycles. The standard InChI is InChI=1S/C10H9NO7S2/c11-8-4-9(19(13,14)15)10(20(16,17)18)6-2-1-5(12)3-7(6)8/h1-4,12H,11H2,(H,13,14,15)(H,16,17,18). The molecule has 0 saturated carbocycles. The van der Waals surface area contributed by atoms with Crippen molar-refractivity contribution in [1.82, 2.24) is 0 Å². The van der Waals surface area contributed by atoms with E-state index in [2.05, 4.69) is 0 Å². The number of benzene rings is 2. The van der Waals surface area contributed by atoms with Gasteiger partial charge in [0.25, 0.3) is 20.2 Å². The number of nitrogens with two attached hydrogens (primary N) is 1. The minimum atomic E-state index is -4.95. The molecule has 2 aromatic rings. The summed E-state index contributed by atoms with van der Waals surface area (Å²) in [5.74, 6) is -0.231. The first-order chi connectivity index (χ1) is 9.01. The van der Waals surface area contributed by atoms with E-state index in [0.717, 1.165) is 18.2 Å². The zero-order chi connectivity index (χ0) is 15.3. The second kappa shape index (κ2) is 4.31. The molecule has 10 heteroatoms. The van der Waals surface area contributed by atoms with Gasteiger partial charge in [0.1, 0.15) is 15.5 Å². The summed E-state index contributed by atoms with van der Waals surface area (Å²) in [6.07, 6.45) is 0. The minimum Gasteiger partial charge on any atom is -0.508 e. The smallest absolute Gasteiger partial charge is 0.296 e. The number of phenolic OH excluding ortho intramolecular Hbond substituents is 1. The molecule has 20 heavy (non-hydrogen) atoms. The fraction of sp³-hybridized carbons (Fsp3) is 0. The van der Waals surface area contributed by atoms with E-state index in [1.807, 2.05) is 0 Å². The maximum absolute atomic E-state index is 11.4. The largest absolute Gasteiger partial charge is 0.508 e. The van der Waals surface area contributed by atoms with E-state index in [1.54, 1.807) is 0 Å². The average Bonchev–Trinajstić information content (AvgIpc) is 2.26. The number of nitrogen functional groups attached to an aromatic ring is 1. The van der Waals surface area contributed by atoms with Gasteiger partial charge in [0, 0.05) is 16.5 Å². The van der Waals surface area contributed by atoms with Crippen LogP contribution in [0, 0.1) is 0 Å². The Morgan fingerprint density at radius 1 is 0.900 bits per heavy atom. The predicted octanol–water partition coefficient (Wildman–Crippen LogP) is 0.621. The SMILES string of the molecule is Nc1cc(S(=O)(=O)O)c(S(=O)(=O)O)c2ccc(O)cc12. The van der Waals surface area contributed by atoms with Gasteiger partial charge in [-0.15, -0.1) is 0 Å². The van der Waals surface area contributed by atoms with Crippen LogP contribution >= 0.6 is 0 Å². The molecule has 0 unspecified atom stereocenters. The van der Waals surface area contributed by atoms with E-state index in [1.165, 1.54) is 0 Å².